The van der Waals surface area contributed by atoms with E-state index in [1.807, 2.05) is 9.44 Å². The molecular weight excluding hydrogens is 540 g/mol. The predicted molar refractivity (Wildman–Crippen MR) is 138 cm³/mol. The molecule has 3 rings (SSSR count). The second kappa shape index (κ2) is 12.4. The van der Waals surface area contributed by atoms with Gasteiger partial charge in [-0.3, -0.25) is 14.9 Å². The number of amides is 1. The average molecular weight is 563 g/mol. The predicted octanol–water partition coefficient (Wildman–Crippen LogP) is 3.25. The first-order chi connectivity index (χ1) is 18.5. The lowest BCUT2D eigenvalue weighted by atomic mass is 9.99. The van der Waals surface area contributed by atoms with E-state index in [0.717, 1.165) is 31.4 Å². The number of hydrogen-bond acceptors (Lipinski definition) is 6. The van der Waals surface area contributed by atoms with E-state index in [0.29, 0.717) is 0 Å². The van der Waals surface area contributed by atoms with Crippen molar-refractivity contribution >= 4 is 33.3 Å². The molecule has 3 aromatic rings. The number of pyridine rings is 1. The van der Waals surface area contributed by atoms with E-state index in [9.17, 15) is 22.0 Å². The Balaban J connectivity index is 2.08. The SMILES string of the molecule is C#Cc1ccc(Nc2c(C(=O)NNCC=C)cc(Cc3ccnc(NS(=O)(=O)NC)c3F)c(F)c2F)c(F)c1. The first kappa shape index (κ1) is 29.1. The minimum atomic E-state index is -4.13. The number of rotatable bonds is 11. The van der Waals surface area contributed by atoms with Crippen LogP contribution >= 0.6 is 0 Å². The van der Waals surface area contributed by atoms with Crippen molar-refractivity contribution in [3.05, 3.63) is 94.7 Å². The summed E-state index contributed by atoms with van der Waals surface area (Å²) in [6, 6.07) is 5.61. The third kappa shape index (κ3) is 6.90. The fourth-order valence-electron chi connectivity index (χ4n) is 3.30. The molecule has 1 heterocycles. The van der Waals surface area contributed by atoms with Crippen LogP contribution in [0.5, 0.6) is 0 Å². The van der Waals surface area contributed by atoms with E-state index < -0.39 is 68.4 Å². The molecular formula is C25H22F4N6O3S. The summed E-state index contributed by atoms with van der Waals surface area (Å²) in [4.78, 5) is 16.5. The van der Waals surface area contributed by atoms with Crippen molar-refractivity contribution in [3.63, 3.8) is 0 Å². The monoisotopic (exact) mass is 562 g/mol. The topological polar surface area (TPSA) is 124 Å². The van der Waals surface area contributed by atoms with Crippen molar-refractivity contribution < 1.29 is 30.8 Å². The van der Waals surface area contributed by atoms with E-state index in [2.05, 4.69) is 33.7 Å². The van der Waals surface area contributed by atoms with E-state index in [1.54, 1.807) is 0 Å². The molecule has 5 N–H and O–H groups in total. The van der Waals surface area contributed by atoms with Crippen molar-refractivity contribution in [3.8, 4) is 12.3 Å². The largest absolute Gasteiger partial charge is 0.350 e. The zero-order valence-electron chi connectivity index (χ0n) is 20.3. The smallest absolute Gasteiger partial charge is 0.300 e. The summed E-state index contributed by atoms with van der Waals surface area (Å²) < 4.78 is 87.4. The molecule has 0 unspecified atom stereocenters. The number of halogens is 4. The lowest BCUT2D eigenvalue weighted by Crippen LogP contribution is -2.37. The third-order valence-electron chi connectivity index (χ3n) is 5.22. The number of carbonyl (C=O) groups excluding carboxylic acids is 1. The second-order valence-electron chi connectivity index (χ2n) is 7.79. The number of benzene rings is 2. The quantitative estimate of drug-likeness (QED) is 0.0804. The van der Waals surface area contributed by atoms with Crippen LogP contribution < -0.4 is 25.6 Å². The molecule has 0 atom stereocenters. The van der Waals surface area contributed by atoms with Crippen LogP contribution in [0.3, 0.4) is 0 Å². The van der Waals surface area contributed by atoms with Gasteiger partial charge in [-0.05, 0) is 41.5 Å². The Hall–Kier alpha value is -4.45. The van der Waals surface area contributed by atoms with Crippen molar-refractivity contribution in [1.29, 1.82) is 0 Å². The summed E-state index contributed by atoms with van der Waals surface area (Å²) in [5, 5.41) is 2.38. The summed E-state index contributed by atoms with van der Waals surface area (Å²) >= 11 is 0. The maximum atomic E-state index is 15.4. The zero-order chi connectivity index (χ0) is 28.7. The molecule has 0 saturated carbocycles. The molecule has 1 aromatic heterocycles. The third-order valence-corrected chi connectivity index (χ3v) is 6.22. The van der Waals surface area contributed by atoms with Crippen molar-refractivity contribution in [2.45, 2.75) is 6.42 Å². The fraction of sp³-hybridized carbons (Fsp3) is 0.120. The van der Waals surface area contributed by atoms with Gasteiger partial charge in [0.2, 0.25) is 0 Å². The molecule has 0 aliphatic rings. The van der Waals surface area contributed by atoms with Gasteiger partial charge in [0.15, 0.2) is 23.3 Å². The fourth-order valence-corrected chi connectivity index (χ4v) is 3.79. The number of nitrogens with zero attached hydrogens (tertiary/aromatic N) is 1. The molecule has 0 aliphatic heterocycles. The number of carbonyl (C=O) groups is 1. The zero-order valence-corrected chi connectivity index (χ0v) is 21.1. The lowest BCUT2D eigenvalue weighted by molar-refractivity contribution is 0.0935. The van der Waals surface area contributed by atoms with Crippen LogP contribution in [-0.4, -0.2) is 32.9 Å². The first-order valence-electron chi connectivity index (χ1n) is 11.0. The van der Waals surface area contributed by atoms with Gasteiger partial charge in [0.05, 0.1) is 16.9 Å². The van der Waals surface area contributed by atoms with Gasteiger partial charge in [-0.1, -0.05) is 12.0 Å². The average Bonchev–Trinajstić information content (AvgIpc) is 2.91. The Morgan fingerprint density at radius 3 is 2.49 bits per heavy atom. The minimum Gasteiger partial charge on any atom is -0.350 e. The number of aromatic nitrogens is 1. The highest BCUT2D eigenvalue weighted by atomic mass is 32.2. The normalized spacial score (nSPS) is 11.0. The molecule has 0 radical (unpaired) electrons. The van der Waals surface area contributed by atoms with Gasteiger partial charge in [0.1, 0.15) is 5.82 Å². The Morgan fingerprint density at radius 1 is 1.10 bits per heavy atom. The second-order valence-corrected chi connectivity index (χ2v) is 9.41. The van der Waals surface area contributed by atoms with Crippen LogP contribution in [0.1, 0.15) is 27.0 Å². The maximum Gasteiger partial charge on any atom is 0.300 e. The Kier molecular flexibility index (Phi) is 9.25. The highest BCUT2D eigenvalue weighted by Gasteiger charge is 2.25. The first-order valence-corrected chi connectivity index (χ1v) is 12.5. The number of hydrogen-bond donors (Lipinski definition) is 5. The van der Waals surface area contributed by atoms with Gasteiger partial charge in [0, 0.05) is 31.8 Å². The molecule has 14 heteroatoms. The molecule has 0 bridgehead atoms. The molecule has 39 heavy (non-hydrogen) atoms. The van der Waals surface area contributed by atoms with Crippen LogP contribution in [0.2, 0.25) is 0 Å². The van der Waals surface area contributed by atoms with Crippen LogP contribution in [0.15, 0.2) is 49.2 Å². The molecule has 0 fully saturated rings. The van der Waals surface area contributed by atoms with Crippen LogP contribution in [0.25, 0.3) is 0 Å². The van der Waals surface area contributed by atoms with Gasteiger partial charge in [-0.15, -0.1) is 13.0 Å². The number of hydrazine groups is 1. The van der Waals surface area contributed by atoms with Crippen molar-refractivity contribution in [1.82, 2.24) is 20.6 Å². The molecule has 1 amide bonds. The van der Waals surface area contributed by atoms with Crippen LogP contribution in [0, 0.1) is 35.6 Å². The van der Waals surface area contributed by atoms with E-state index in [4.69, 9.17) is 6.42 Å². The van der Waals surface area contributed by atoms with Gasteiger partial charge in [-0.25, -0.2) is 32.7 Å². The van der Waals surface area contributed by atoms with E-state index in [-0.39, 0.29) is 23.4 Å². The maximum absolute atomic E-state index is 15.4. The summed E-state index contributed by atoms with van der Waals surface area (Å²) in [5.74, 6) is -4.42. The van der Waals surface area contributed by atoms with Gasteiger partial charge in [0.25, 0.3) is 16.1 Å². The van der Waals surface area contributed by atoms with E-state index in [1.165, 1.54) is 18.2 Å². The number of anilines is 3. The standard InChI is InChI=1S/C25H22F4N6O3S/c1-4-9-32-34-25(36)17-13-16(12-15-8-10-31-24(21(15)28)35-39(37,38)30-3)20(27)22(29)23(17)33-19-7-6-14(5-2)11-18(19)26/h2,4,6-8,10-11,13,30,32-33H,1,9,12H2,3H3,(H,31,35)(H,34,36). The summed E-state index contributed by atoms with van der Waals surface area (Å²) in [7, 11) is -3.04. The van der Waals surface area contributed by atoms with Gasteiger partial charge >= 0.3 is 0 Å². The molecule has 0 aliphatic carbocycles. The van der Waals surface area contributed by atoms with Gasteiger partial charge < -0.3 is 5.32 Å². The molecule has 204 valence electrons. The molecule has 0 saturated heterocycles. The lowest BCUT2D eigenvalue weighted by Gasteiger charge is -2.17. The molecule has 2 aromatic carbocycles. The Labute approximate surface area is 221 Å². The van der Waals surface area contributed by atoms with Crippen molar-refractivity contribution in [2.75, 3.05) is 23.6 Å². The molecule has 0 spiro atoms. The van der Waals surface area contributed by atoms with Crippen molar-refractivity contribution in [2.24, 2.45) is 0 Å². The van der Waals surface area contributed by atoms with Crippen LogP contribution in [0.4, 0.5) is 34.8 Å². The Morgan fingerprint density at radius 2 is 1.85 bits per heavy atom. The summed E-state index contributed by atoms with van der Waals surface area (Å²) in [6.45, 7) is 3.60. The highest BCUT2D eigenvalue weighted by Crippen LogP contribution is 2.32. The summed E-state index contributed by atoms with van der Waals surface area (Å²) in [6.07, 6.45) is 7.13. The summed E-state index contributed by atoms with van der Waals surface area (Å²) in [5.41, 5.74) is 2.81. The number of nitrogens with one attached hydrogen (secondary N) is 5. The Bertz CT molecular complexity index is 1570. The van der Waals surface area contributed by atoms with Crippen LogP contribution in [-0.2, 0) is 16.6 Å². The van der Waals surface area contributed by atoms with Gasteiger partial charge in [-0.2, -0.15) is 8.42 Å². The minimum absolute atomic E-state index is 0.126. The molecule has 9 nitrogen and oxygen atoms in total. The number of terminal acetylenes is 1. The van der Waals surface area contributed by atoms with E-state index >= 15 is 8.78 Å². The highest BCUT2D eigenvalue weighted by molar-refractivity contribution is 7.90.